The van der Waals surface area contributed by atoms with Crippen LogP contribution < -0.4 is 26.6 Å². The zero-order valence-electron chi connectivity index (χ0n) is 25.9. The lowest BCUT2D eigenvalue weighted by molar-refractivity contribution is 0.585. The number of anilines is 8. The van der Waals surface area contributed by atoms with Crippen molar-refractivity contribution in [2.75, 3.05) is 40.7 Å². The molecule has 244 valence electrons. The Balaban J connectivity index is 1.30. The molecule has 2 aromatic heterocycles. The summed E-state index contributed by atoms with van der Waals surface area (Å²) >= 11 is 0. The zero-order chi connectivity index (χ0) is 34.7. The van der Waals surface area contributed by atoms with E-state index in [2.05, 4.69) is 42.0 Å². The van der Waals surface area contributed by atoms with Crippen molar-refractivity contribution in [3.8, 4) is 28.5 Å². The van der Waals surface area contributed by atoms with Gasteiger partial charge in [0.1, 0.15) is 40.7 Å². The van der Waals surface area contributed by atoms with E-state index in [-0.39, 0.29) is 40.6 Å². The van der Waals surface area contributed by atoms with E-state index in [1.807, 2.05) is 43.3 Å². The molecule has 4 aromatic carbocycles. The molecular formula is C35H26F4N10. The van der Waals surface area contributed by atoms with Crippen LogP contribution in [0.1, 0.15) is 5.56 Å². The molecule has 0 aliphatic carbocycles. The van der Waals surface area contributed by atoms with Crippen LogP contribution in [0.25, 0.3) is 22.4 Å². The van der Waals surface area contributed by atoms with Crippen molar-refractivity contribution >= 4 is 46.4 Å². The number of nitrogen functional groups attached to an aromatic ring is 1. The van der Waals surface area contributed by atoms with Crippen LogP contribution in [0.4, 0.5) is 64.0 Å². The first-order valence-corrected chi connectivity index (χ1v) is 14.6. The first-order chi connectivity index (χ1) is 23.6. The second-order valence-corrected chi connectivity index (χ2v) is 10.9. The molecule has 0 radical (unpaired) electrons. The van der Waals surface area contributed by atoms with Crippen LogP contribution in [0.15, 0.2) is 91.0 Å². The van der Waals surface area contributed by atoms with E-state index in [0.29, 0.717) is 34.6 Å². The standard InChI is InChI=1S/C35H26F4N10/c1-49(2)24-11-5-19(6-12-24)25-17-31(43-32(41)26(25)18-40)20-3-9-23(10-4-20)42-33-46-34(44-29-13-7-21(36)15-27(29)38)48-35(47-33)45-30-14-8-22(37)16-28(30)39/h3-17H,1-2H3,(H2,41,43)(H3,42,44,45,46,47,48). The fourth-order valence-electron chi connectivity index (χ4n) is 4.82. The number of benzene rings is 4. The van der Waals surface area contributed by atoms with E-state index in [4.69, 9.17) is 5.73 Å². The molecule has 14 heteroatoms. The minimum atomic E-state index is -0.893. The number of rotatable bonds is 9. The molecule has 10 nitrogen and oxygen atoms in total. The summed E-state index contributed by atoms with van der Waals surface area (Å²) in [5.41, 5.74) is 10.4. The van der Waals surface area contributed by atoms with Crippen molar-refractivity contribution in [3.63, 3.8) is 0 Å². The summed E-state index contributed by atoms with van der Waals surface area (Å²) in [4.78, 5) is 19.1. The minimum absolute atomic E-state index is 0.0259. The van der Waals surface area contributed by atoms with Crippen molar-refractivity contribution in [2.45, 2.75) is 0 Å². The maximum Gasteiger partial charge on any atom is 0.233 e. The summed E-state index contributed by atoms with van der Waals surface area (Å²) in [6.07, 6.45) is 0. The second-order valence-electron chi connectivity index (χ2n) is 10.9. The van der Waals surface area contributed by atoms with Crippen LogP contribution in [-0.2, 0) is 0 Å². The highest BCUT2D eigenvalue weighted by Crippen LogP contribution is 2.33. The first kappa shape index (κ1) is 32.2. The van der Waals surface area contributed by atoms with Gasteiger partial charge < -0.3 is 26.6 Å². The summed E-state index contributed by atoms with van der Waals surface area (Å²) in [6, 6.07) is 24.5. The topological polar surface area (TPSA) is 141 Å². The highest BCUT2D eigenvalue weighted by molar-refractivity contribution is 5.81. The Morgan fingerprint density at radius 2 is 1.14 bits per heavy atom. The number of aromatic nitrogens is 4. The number of hydrogen-bond acceptors (Lipinski definition) is 10. The van der Waals surface area contributed by atoms with E-state index in [0.717, 1.165) is 23.4 Å². The third-order valence-electron chi connectivity index (χ3n) is 7.28. The Morgan fingerprint density at radius 3 is 1.63 bits per heavy atom. The molecule has 0 fully saturated rings. The summed E-state index contributed by atoms with van der Waals surface area (Å²) in [5, 5.41) is 18.2. The van der Waals surface area contributed by atoms with Crippen molar-refractivity contribution in [2.24, 2.45) is 0 Å². The highest BCUT2D eigenvalue weighted by Gasteiger charge is 2.16. The third-order valence-corrected chi connectivity index (χ3v) is 7.28. The Bertz CT molecular complexity index is 2130. The highest BCUT2D eigenvalue weighted by atomic mass is 19.1. The first-order valence-electron chi connectivity index (χ1n) is 14.6. The predicted molar refractivity (Wildman–Crippen MR) is 181 cm³/mol. The van der Waals surface area contributed by atoms with E-state index in [1.165, 1.54) is 12.1 Å². The van der Waals surface area contributed by atoms with Gasteiger partial charge in [-0.3, -0.25) is 0 Å². The average Bonchev–Trinajstić information content (AvgIpc) is 3.07. The Morgan fingerprint density at radius 1 is 0.633 bits per heavy atom. The molecule has 49 heavy (non-hydrogen) atoms. The fraction of sp³-hybridized carbons (Fsp3) is 0.0571. The number of halogens is 4. The fourth-order valence-corrected chi connectivity index (χ4v) is 4.82. The van der Waals surface area contributed by atoms with Gasteiger partial charge >= 0.3 is 0 Å². The summed E-state index contributed by atoms with van der Waals surface area (Å²) in [5.74, 6) is -3.58. The molecule has 0 saturated carbocycles. The average molecular weight is 663 g/mol. The summed E-state index contributed by atoms with van der Waals surface area (Å²) in [6.45, 7) is 0. The number of nitrogens with two attached hydrogens (primary N) is 1. The zero-order valence-corrected chi connectivity index (χ0v) is 25.9. The Kier molecular flexibility index (Phi) is 8.90. The molecule has 0 bridgehead atoms. The maximum absolute atomic E-state index is 14.4. The largest absolute Gasteiger partial charge is 0.383 e. The van der Waals surface area contributed by atoms with Crippen molar-refractivity contribution < 1.29 is 17.6 Å². The van der Waals surface area contributed by atoms with Gasteiger partial charge in [-0.25, -0.2) is 22.5 Å². The molecular weight excluding hydrogens is 636 g/mol. The molecule has 0 spiro atoms. The van der Waals surface area contributed by atoms with Crippen molar-refractivity contribution in [1.29, 1.82) is 5.26 Å². The van der Waals surface area contributed by atoms with Gasteiger partial charge in [-0.2, -0.15) is 20.2 Å². The van der Waals surface area contributed by atoms with Crippen LogP contribution in [0.3, 0.4) is 0 Å². The van der Waals surface area contributed by atoms with Crippen LogP contribution in [0, 0.1) is 34.6 Å². The summed E-state index contributed by atoms with van der Waals surface area (Å²) < 4.78 is 55.8. The lowest BCUT2D eigenvalue weighted by atomic mass is 9.98. The van der Waals surface area contributed by atoms with Gasteiger partial charge in [0, 0.05) is 48.7 Å². The van der Waals surface area contributed by atoms with Gasteiger partial charge in [-0.1, -0.05) is 24.3 Å². The number of nitrogens with one attached hydrogen (secondary N) is 3. The van der Waals surface area contributed by atoms with Gasteiger partial charge in [-0.15, -0.1) is 0 Å². The molecule has 0 atom stereocenters. The van der Waals surface area contributed by atoms with E-state index in [1.54, 1.807) is 30.3 Å². The van der Waals surface area contributed by atoms with Crippen LogP contribution in [0.2, 0.25) is 0 Å². The monoisotopic (exact) mass is 662 g/mol. The lowest BCUT2D eigenvalue weighted by Gasteiger charge is -2.14. The van der Waals surface area contributed by atoms with Gasteiger partial charge in [0.05, 0.1) is 17.1 Å². The molecule has 0 aliphatic heterocycles. The van der Waals surface area contributed by atoms with Gasteiger partial charge in [0.2, 0.25) is 17.8 Å². The van der Waals surface area contributed by atoms with E-state index < -0.39 is 23.3 Å². The predicted octanol–water partition coefficient (Wildman–Crippen LogP) is 7.91. The van der Waals surface area contributed by atoms with Gasteiger partial charge in [0.25, 0.3) is 0 Å². The lowest BCUT2D eigenvalue weighted by Crippen LogP contribution is -2.08. The van der Waals surface area contributed by atoms with Crippen molar-refractivity contribution in [3.05, 3.63) is 120 Å². The minimum Gasteiger partial charge on any atom is -0.383 e. The molecule has 6 aromatic rings. The van der Waals surface area contributed by atoms with Crippen LogP contribution in [0.5, 0.6) is 0 Å². The maximum atomic E-state index is 14.4. The number of pyridine rings is 1. The molecule has 2 heterocycles. The number of hydrogen-bond donors (Lipinski definition) is 4. The van der Waals surface area contributed by atoms with Gasteiger partial charge in [0.15, 0.2) is 0 Å². The quantitative estimate of drug-likeness (QED) is 0.113. The molecule has 0 aliphatic rings. The Labute approximate surface area is 277 Å². The molecule has 0 unspecified atom stereocenters. The van der Waals surface area contributed by atoms with E-state index >= 15 is 0 Å². The molecule has 5 N–H and O–H groups in total. The second kappa shape index (κ2) is 13.5. The molecule has 0 amide bonds. The SMILES string of the molecule is CN(C)c1ccc(-c2cc(-c3ccc(Nc4nc(Nc5ccc(F)cc5F)nc(Nc5ccc(F)cc5F)n4)cc3)nc(N)c2C#N)cc1. The molecule has 0 saturated heterocycles. The normalized spacial score (nSPS) is 10.7. The van der Waals surface area contributed by atoms with Crippen LogP contribution >= 0.6 is 0 Å². The van der Waals surface area contributed by atoms with Crippen LogP contribution in [-0.4, -0.2) is 34.0 Å². The smallest absolute Gasteiger partial charge is 0.233 e. The van der Waals surface area contributed by atoms with Crippen molar-refractivity contribution in [1.82, 2.24) is 19.9 Å². The van der Waals surface area contributed by atoms with Gasteiger partial charge in [-0.05, 0) is 60.2 Å². The summed E-state index contributed by atoms with van der Waals surface area (Å²) in [7, 11) is 3.88. The number of nitriles is 1. The molecule has 6 rings (SSSR count). The third kappa shape index (κ3) is 7.31. The number of nitrogens with zero attached hydrogens (tertiary/aromatic N) is 6. The van der Waals surface area contributed by atoms with E-state index in [9.17, 15) is 22.8 Å². The Hall–Kier alpha value is -6.75.